The number of nitrogen functional groups attached to an aromatic ring is 1. The molecule has 25 heavy (non-hydrogen) atoms. The first kappa shape index (κ1) is 18.4. The predicted octanol–water partition coefficient (Wildman–Crippen LogP) is -0.0302. The Balaban J connectivity index is 2.21. The summed E-state index contributed by atoms with van der Waals surface area (Å²) >= 11 is 0. The number of carbonyl (C=O) groups is 1. The largest absolute Gasteiger partial charge is 0.532 e. The van der Waals surface area contributed by atoms with Gasteiger partial charge in [-0.25, -0.2) is 9.78 Å². The minimum atomic E-state index is -1.99. The van der Waals surface area contributed by atoms with Gasteiger partial charge in [-0.3, -0.25) is 0 Å². The number of phenols is 1. The Morgan fingerprint density at radius 3 is 2.56 bits per heavy atom. The van der Waals surface area contributed by atoms with Crippen LogP contribution in [0.3, 0.4) is 0 Å². The van der Waals surface area contributed by atoms with Crippen LogP contribution in [0.15, 0.2) is 36.5 Å². The van der Waals surface area contributed by atoms with E-state index in [1.807, 2.05) is 0 Å². The van der Waals surface area contributed by atoms with Crippen LogP contribution in [0.25, 0.3) is 0 Å². The lowest BCUT2D eigenvalue weighted by atomic mass is 9.75. The fourth-order valence-electron chi connectivity index (χ4n) is 2.34. The van der Waals surface area contributed by atoms with Crippen molar-refractivity contribution in [2.75, 3.05) is 5.73 Å². The van der Waals surface area contributed by atoms with Gasteiger partial charge in [0, 0.05) is 33.4 Å². The molecule has 0 saturated heterocycles. The SMILES string of the molecule is Nc1ccc(C[N+](=O)C(Cc2cccc(C(=O)O)c2O)B(O)O)cn1. The van der Waals surface area contributed by atoms with E-state index in [0.717, 1.165) is 0 Å². The molecule has 1 aromatic carbocycles. The van der Waals surface area contributed by atoms with Crippen LogP contribution in [0.1, 0.15) is 21.5 Å². The molecule has 6 N–H and O–H groups in total. The maximum Gasteiger partial charge on any atom is 0.532 e. The van der Waals surface area contributed by atoms with Crippen LogP contribution in [0, 0.1) is 4.91 Å². The molecule has 0 aliphatic rings. The molecule has 1 heterocycles. The van der Waals surface area contributed by atoms with E-state index in [4.69, 9.17) is 10.8 Å². The van der Waals surface area contributed by atoms with E-state index < -0.39 is 24.8 Å². The zero-order valence-corrected chi connectivity index (χ0v) is 13.1. The second kappa shape index (κ2) is 7.73. The fraction of sp³-hybridized carbons (Fsp3) is 0.200. The lowest BCUT2D eigenvalue weighted by molar-refractivity contribution is -0.585. The molecule has 9 nitrogen and oxygen atoms in total. The molecular formula is C15H17BN3O6+. The quantitative estimate of drug-likeness (QED) is 0.345. The molecule has 0 bridgehead atoms. The lowest BCUT2D eigenvalue weighted by Gasteiger charge is -2.11. The molecule has 0 aliphatic carbocycles. The van der Waals surface area contributed by atoms with E-state index in [1.165, 1.54) is 30.5 Å². The van der Waals surface area contributed by atoms with Crippen molar-refractivity contribution in [1.82, 2.24) is 4.98 Å². The number of hydrogen-bond donors (Lipinski definition) is 5. The van der Waals surface area contributed by atoms with Crippen molar-refractivity contribution in [3.63, 3.8) is 0 Å². The van der Waals surface area contributed by atoms with Crippen LogP contribution in [0.2, 0.25) is 0 Å². The van der Waals surface area contributed by atoms with Crippen LogP contribution >= 0.6 is 0 Å². The Morgan fingerprint density at radius 1 is 1.28 bits per heavy atom. The number of anilines is 1. The number of carboxylic acid groups (broad SMARTS) is 1. The first-order chi connectivity index (χ1) is 11.8. The van der Waals surface area contributed by atoms with Crippen LogP contribution in [-0.4, -0.2) is 49.0 Å². The highest BCUT2D eigenvalue weighted by molar-refractivity contribution is 6.42. The summed E-state index contributed by atoms with van der Waals surface area (Å²) < 4.78 is 0.435. The highest BCUT2D eigenvalue weighted by Gasteiger charge is 2.38. The molecule has 1 aromatic heterocycles. The van der Waals surface area contributed by atoms with Crippen molar-refractivity contribution in [1.29, 1.82) is 0 Å². The van der Waals surface area contributed by atoms with Crippen molar-refractivity contribution >= 4 is 18.9 Å². The van der Waals surface area contributed by atoms with Crippen molar-refractivity contribution < 1.29 is 29.8 Å². The number of pyridine rings is 1. The molecular weight excluding hydrogens is 329 g/mol. The van der Waals surface area contributed by atoms with E-state index in [1.54, 1.807) is 6.07 Å². The highest BCUT2D eigenvalue weighted by atomic mass is 16.4. The first-order valence-electron chi connectivity index (χ1n) is 7.34. The van der Waals surface area contributed by atoms with E-state index in [9.17, 15) is 24.9 Å². The maximum atomic E-state index is 12.3. The zero-order valence-electron chi connectivity index (χ0n) is 13.1. The standard InChI is InChI=1S/C15H16BN3O6/c17-13-5-4-9(7-18-13)8-19(25)12(16(23)24)6-10-2-1-3-11(14(10)20)15(21)22/h1-5,7,12,23-24H,6,8H2,(H3-,17,18,20,21,22)/p+1. The zero-order chi connectivity index (χ0) is 18.6. The summed E-state index contributed by atoms with van der Waals surface area (Å²) in [4.78, 5) is 27.2. The van der Waals surface area contributed by atoms with Gasteiger partial charge in [-0.1, -0.05) is 12.1 Å². The van der Waals surface area contributed by atoms with Crippen molar-refractivity contribution in [3.05, 3.63) is 58.1 Å². The second-order valence-corrected chi connectivity index (χ2v) is 5.47. The minimum Gasteiger partial charge on any atom is -0.507 e. The number of nitrogens with two attached hydrogens (primary N) is 1. The first-order valence-corrected chi connectivity index (χ1v) is 7.34. The normalized spacial score (nSPS) is 11.8. The molecule has 130 valence electrons. The Bertz CT molecular complexity index is 781. The fourth-order valence-corrected chi connectivity index (χ4v) is 2.34. The van der Waals surface area contributed by atoms with Gasteiger partial charge in [0.25, 0.3) is 0 Å². The monoisotopic (exact) mass is 346 g/mol. The number of benzene rings is 1. The maximum absolute atomic E-state index is 12.3. The molecule has 0 aliphatic heterocycles. The molecule has 0 radical (unpaired) electrons. The van der Waals surface area contributed by atoms with Crippen LogP contribution in [-0.2, 0) is 13.0 Å². The van der Waals surface area contributed by atoms with Gasteiger partial charge < -0.3 is 26.0 Å². The Morgan fingerprint density at radius 2 is 2.00 bits per heavy atom. The Labute approximate surface area is 143 Å². The number of para-hydroxylation sites is 1. The molecule has 1 atom stereocenters. The number of aromatic hydroxyl groups is 1. The van der Waals surface area contributed by atoms with Gasteiger partial charge in [-0.15, -0.1) is 0 Å². The van der Waals surface area contributed by atoms with Gasteiger partial charge in [0.2, 0.25) is 12.5 Å². The van der Waals surface area contributed by atoms with Crippen LogP contribution in [0.5, 0.6) is 5.75 Å². The number of carboxylic acids is 1. The summed E-state index contributed by atoms with van der Waals surface area (Å²) in [6, 6.07) is 7.11. The van der Waals surface area contributed by atoms with Crippen LogP contribution < -0.4 is 5.73 Å². The van der Waals surface area contributed by atoms with Crippen LogP contribution in [0.4, 0.5) is 5.82 Å². The van der Waals surface area contributed by atoms with Crippen molar-refractivity contribution in [2.45, 2.75) is 18.9 Å². The van der Waals surface area contributed by atoms with Gasteiger partial charge in [0.15, 0.2) is 0 Å². The van der Waals surface area contributed by atoms with Gasteiger partial charge in [-0.2, -0.15) is 0 Å². The molecule has 0 fully saturated rings. The van der Waals surface area contributed by atoms with E-state index in [2.05, 4.69) is 4.98 Å². The summed E-state index contributed by atoms with van der Waals surface area (Å²) in [6.45, 7) is -0.186. The molecule has 0 spiro atoms. The summed E-state index contributed by atoms with van der Waals surface area (Å²) in [6.07, 6.45) is 1.14. The second-order valence-electron chi connectivity index (χ2n) is 5.47. The third-order valence-corrected chi connectivity index (χ3v) is 3.68. The average Bonchev–Trinajstić information content (AvgIpc) is 2.55. The molecule has 1 unspecified atom stereocenters. The summed E-state index contributed by atoms with van der Waals surface area (Å²) in [5.41, 5.74) is 5.77. The molecule has 0 saturated carbocycles. The molecule has 0 amide bonds. The van der Waals surface area contributed by atoms with Crippen molar-refractivity contribution in [2.24, 2.45) is 0 Å². The van der Waals surface area contributed by atoms with E-state index in [0.29, 0.717) is 10.3 Å². The number of aromatic nitrogens is 1. The van der Waals surface area contributed by atoms with Crippen molar-refractivity contribution in [3.8, 4) is 5.75 Å². The summed E-state index contributed by atoms with van der Waals surface area (Å²) in [5, 5.41) is 38.0. The average molecular weight is 346 g/mol. The molecule has 10 heteroatoms. The number of nitrogens with zero attached hydrogens (tertiary/aromatic N) is 2. The topological polar surface area (TPSA) is 157 Å². The molecule has 2 aromatic rings. The predicted molar refractivity (Wildman–Crippen MR) is 88.7 cm³/mol. The number of aromatic carboxylic acids is 1. The minimum absolute atomic E-state index is 0.120. The number of hydrogen-bond acceptors (Lipinski definition) is 7. The highest BCUT2D eigenvalue weighted by Crippen LogP contribution is 2.24. The smallest absolute Gasteiger partial charge is 0.507 e. The van der Waals surface area contributed by atoms with Gasteiger partial charge >= 0.3 is 13.1 Å². The Hall–Kier alpha value is -2.98. The summed E-state index contributed by atoms with van der Waals surface area (Å²) in [5.74, 6) is -2.86. The third-order valence-electron chi connectivity index (χ3n) is 3.68. The number of nitroso groups, excluding NO2 is 1. The van der Waals surface area contributed by atoms with E-state index >= 15 is 0 Å². The van der Waals surface area contributed by atoms with E-state index in [-0.39, 0.29) is 29.9 Å². The number of rotatable bonds is 7. The third kappa shape index (κ3) is 4.52. The molecule has 2 rings (SSSR count). The lowest BCUT2D eigenvalue weighted by Crippen LogP contribution is -2.41. The van der Waals surface area contributed by atoms with Gasteiger partial charge in [-0.05, 0) is 18.2 Å². The Kier molecular flexibility index (Phi) is 5.68. The summed E-state index contributed by atoms with van der Waals surface area (Å²) in [7, 11) is -1.99. The van der Waals surface area contributed by atoms with Gasteiger partial charge in [0.05, 0.1) is 0 Å². The van der Waals surface area contributed by atoms with Gasteiger partial charge in [0.1, 0.15) is 17.1 Å².